The maximum Gasteiger partial charge on any atom is 0.235 e. The zero-order valence-electron chi connectivity index (χ0n) is 7.92. The molecule has 2 heterocycles. The van der Waals surface area contributed by atoms with Crippen molar-refractivity contribution in [2.75, 3.05) is 0 Å². The first-order chi connectivity index (χ1) is 7.22. The molecule has 0 aliphatic heterocycles. The van der Waals surface area contributed by atoms with Gasteiger partial charge in [0.25, 0.3) is 0 Å². The zero-order chi connectivity index (χ0) is 10.8. The van der Waals surface area contributed by atoms with Gasteiger partial charge in [-0.05, 0) is 34.5 Å². The van der Waals surface area contributed by atoms with Crippen molar-refractivity contribution in [3.8, 4) is 0 Å². The van der Waals surface area contributed by atoms with Crippen LogP contribution in [-0.4, -0.2) is 14.4 Å². The fraction of sp³-hybridized carbons (Fsp3) is 0.250. The molecular formula is C8H7BrN6. The van der Waals surface area contributed by atoms with Crippen LogP contribution in [0.3, 0.4) is 0 Å². The number of hydrogen-bond donors (Lipinski definition) is 0. The molecule has 0 radical (unpaired) electrons. The Balaban J connectivity index is 2.58. The van der Waals surface area contributed by atoms with Crippen molar-refractivity contribution in [1.29, 1.82) is 0 Å². The van der Waals surface area contributed by atoms with Gasteiger partial charge in [-0.1, -0.05) is 5.11 Å². The summed E-state index contributed by atoms with van der Waals surface area (Å²) in [5.41, 5.74) is 9.81. The molecule has 0 aliphatic carbocycles. The molecule has 0 N–H and O–H groups in total. The third kappa shape index (κ3) is 1.79. The van der Waals surface area contributed by atoms with E-state index >= 15 is 0 Å². The Bertz CT molecular complexity index is 554. The number of fused-ring (bicyclic) bond motifs is 1. The van der Waals surface area contributed by atoms with Crippen molar-refractivity contribution in [1.82, 2.24) is 14.4 Å². The van der Waals surface area contributed by atoms with E-state index < -0.39 is 0 Å². The van der Waals surface area contributed by atoms with E-state index in [1.807, 2.05) is 19.2 Å². The fourth-order valence-electron chi connectivity index (χ4n) is 1.24. The molecule has 0 aliphatic rings. The molecule has 0 saturated heterocycles. The predicted octanol–water partition coefficient (Wildman–Crippen LogP) is 2.61. The predicted molar refractivity (Wildman–Crippen MR) is 58.3 cm³/mol. The average Bonchev–Trinajstić information content (AvgIpc) is 2.52. The van der Waals surface area contributed by atoms with Crippen molar-refractivity contribution in [3.63, 3.8) is 0 Å². The molecule has 0 amide bonds. The summed E-state index contributed by atoms with van der Waals surface area (Å²) in [5, 5.41) is 3.47. The summed E-state index contributed by atoms with van der Waals surface area (Å²) in [6.45, 7) is 2.12. The Morgan fingerprint density at radius 2 is 2.40 bits per heavy atom. The molecule has 2 aromatic rings. The van der Waals surface area contributed by atoms with Crippen molar-refractivity contribution >= 4 is 21.7 Å². The van der Waals surface area contributed by atoms with Crippen LogP contribution in [0.25, 0.3) is 16.2 Å². The summed E-state index contributed by atoms with van der Waals surface area (Å²) >= 11 is 3.38. The molecule has 0 unspecified atom stereocenters. The molecule has 15 heavy (non-hydrogen) atoms. The lowest BCUT2D eigenvalue weighted by molar-refractivity contribution is 0.984. The van der Waals surface area contributed by atoms with Gasteiger partial charge in [0.15, 0.2) is 0 Å². The van der Waals surface area contributed by atoms with E-state index in [9.17, 15) is 0 Å². The fourth-order valence-corrected chi connectivity index (χ4v) is 1.73. The van der Waals surface area contributed by atoms with E-state index in [0.717, 1.165) is 10.3 Å². The van der Waals surface area contributed by atoms with E-state index in [1.165, 1.54) is 0 Å². The summed E-state index contributed by atoms with van der Waals surface area (Å²) in [7, 11) is 0. The second-order valence-electron chi connectivity index (χ2n) is 2.98. The SMILES string of the molecule is Cc1ccn2c(Br)c(CN=[N+]=[N-])nc2n1. The minimum Gasteiger partial charge on any atom is -0.278 e. The van der Waals surface area contributed by atoms with Crippen LogP contribution in [0.1, 0.15) is 11.4 Å². The first-order valence-corrected chi connectivity index (χ1v) is 5.02. The van der Waals surface area contributed by atoms with Crippen molar-refractivity contribution in [3.05, 3.63) is 38.7 Å². The van der Waals surface area contributed by atoms with E-state index in [0.29, 0.717) is 11.5 Å². The van der Waals surface area contributed by atoms with Gasteiger partial charge >= 0.3 is 0 Å². The van der Waals surface area contributed by atoms with Gasteiger partial charge in [-0.15, -0.1) is 0 Å². The molecule has 0 atom stereocenters. The van der Waals surface area contributed by atoms with Crippen LogP contribution in [-0.2, 0) is 6.54 Å². The molecule has 6 nitrogen and oxygen atoms in total. The van der Waals surface area contributed by atoms with Crippen molar-refractivity contribution in [2.45, 2.75) is 13.5 Å². The lowest BCUT2D eigenvalue weighted by Gasteiger charge is -1.94. The number of aromatic nitrogens is 3. The Kier molecular flexibility index (Phi) is 2.57. The summed E-state index contributed by atoms with van der Waals surface area (Å²) in [5.74, 6) is 0.602. The van der Waals surface area contributed by atoms with Crippen LogP contribution in [0.5, 0.6) is 0 Å². The lowest BCUT2D eigenvalue weighted by atomic mass is 10.5. The molecule has 2 aromatic heterocycles. The number of nitrogens with zero attached hydrogens (tertiary/aromatic N) is 6. The molecule has 7 heteroatoms. The maximum absolute atomic E-state index is 8.23. The quantitative estimate of drug-likeness (QED) is 0.476. The summed E-state index contributed by atoms with van der Waals surface area (Å²) in [6.07, 6.45) is 1.87. The van der Waals surface area contributed by atoms with Crippen LogP contribution in [0.4, 0.5) is 0 Å². The highest BCUT2D eigenvalue weighted by Gasteiger charge is 2.09. The number of imidazole rings is 1. The first-order valence-electron chi connectivity index (χ1n) is 4.23. The van der Waals surface area contributed by atoms with Crippen molar-refractivity contribution in [2.24, 2.45) is 5.11 Å². The minimum absolute atomic E-state index is 0.222. The number of hydrogen-bond acceptors (Lipinski definition) is 3. The highest BCUT2D eigenvalue weighted by molar-refractivity contribution is 9.10. The maximum atomic E-state index is 8.23. The first kappa shape index (κ1) is 9.95. The van der Waals surface area contributed by atoms with Gasteiger partial charge in [-0.25, -0.2) is 9.97 Å². The van der Waals surface area contributed by atoms with Gasteiger partial charge in [-0.2, -0.15) is 0 Å². The van der Waals surface area contributed by atoms with Gasteiger partial charge in [0.05, 0.1) is 12.2 Å². The highest BCUT2D eigenvalue weighted by Crippen LogP contribution is 2.18. The Morgan fingerprint density at radius 1 is 1.60 bits per heavy atom. The lowest BCUT2D eigenvalue weighted by Crippen LogP contribution is -1.89. The average molecular weight is 267 g/mol. The highest BCUT2D eigenvalue weighted by atomic mass is 79.9. The topological polar surface area (TPSA) is 79.0 Å². The van der Waals surface area contributed by atoms with Crippen LogP contribution >= 0.6 is 15.9 Å². The Labute approximate surface area is 93.7 Å². The standard InChI is InChI=1S/C8H7BrN6/c1-5-2-3-15-7(9)6(4-11-14-10)13-8(15)12-5/h2-3H,4H2,1H3. The molecule has 0 saturated carbocycles. The molecule has 0 aromatic carbocycles. The molecular weight excluding hydrogens is 260 g/mol. The minimum atomic E-state index is 0.222. The van der Waals surface area contributed by atoms with E-state index in [4.69, 9.17) is 5.53 Å². The molecule has 0 bridgehead atoms. The monoisotopic (exact) mass is 266 g/mol. The zero-order valence-corrected chi connectivity index (χ0v) is 9.51. The van der Waals surface area contributed by atoms with E-state index in [-0.39, 0.29) is 6.54 Å². The van der Waals surface area contributed by atoms with Gasteiger partial charge in [0.2, 0.25) is 5.78 Å². The van der Waals surface area contributed by atoms with Crippen LogP contribution in [0, 0.1) is 6.92 Å². The normalized spacial score (nSPS) is 10.3. The van der Waals surface area contributed by atoms with Gasteiger partial charge < -0.3 is 0 Å². The second-order valence-corrected chi connectivity index (χ2v) is 3.73. The number of rotatable bonds is 2. The smallest absolute Gasteiger partial charge is 0.235 e. The van der Waals surface area contributed by atoms with Crippen LogP contribution < -0.4 is 0 Å². The Hall–Kier alpha value is -1.59. The molecule has 0 spiro atoms. The van der Waals surface area contributed by atoms with Crippen LogP contribution in [0.15, 0.2) is 22.0 Å². The molecule has 76 valence electrons. The molecule has 2 rings (SSSR count). The van der Waals surface area contributed by atoms with Crippen LogP contribution in [0.2, 0.25) is 0 Å². The van der Waals surface area contributed by atoms with Gasteiger partial charge in [0, 0.05) is 16.8 Å². The third-order valence-corrected chi connectivity index (χ3v) is 2.76. The largest absolute Gasteiger partial charge is 0.278 e. The third-order valence-electron chi connectivity index (χ3n) is 1.92. The second kappa shape index (κ2) is 3.88. The molecule has 0 fully saturated rings. The summed E-state index contributed by atoms with van der Waals surface area (Å²) < 4.78 is 2.58. The van der Waals surface area contributed by atoms with E-state index in [2.05, 4.69) is 35.9 Å². The Morgan fingerprint density at radius 3 is 3.13 bits per heavy atom. The summed E-state index contributed by atoms with van der Waals surface area (Å²) in [4.78, 5) is 11.2. The number of aryl methyl sites for hydroxylation is 1. The number of azide groups is 1. The summed E-state index contributed by atoms with van der Waals surface area (Å²) in [6, 6.07) is 1.89. The van der Waals surface area contributed by atoms with Crippen molar-refractivity contribution < 1.29 is 0 Å². The van der Waals surface area contributed by atoms with E-state index in [1.54, 1.807) is 4.40 Å². The number of halogens is 1. The van der Waals surface area contributed by atoms with Gasteiger partial charge in [-0.3, -0.25) is 4.40 Å². The van der Waals surface area contributed by atoms with Gasteiger partial charge in [0.1, 0.15) is 4.60 Å².